The predicted octanol–water partition coefficient (Wildman–Crippen LogP) is 0.454. The van der Waals surface area contributed by atoms with Crippen molar-refractivity contribution in [2.75, 3.05) is 31.1 Å². The largest absolute Gasteiger partial charge is 0.476 e. The highest BCUT2D eigenvalue weighted by Crippen LogP contribution is 2.25. The third-order valence-corrected chi connectivity index (χ3v) is 3.63. The molecule has 3 rings (SSSR count). The number of aromatic nitrogens is 3. The van der Waals surface area contributed by atoms with Crippen molar-refractivity contribution in [3.8, 4) is 0 Å². The number of aryl methyl sites for hydroxylation is 2. The number of carbonyl (C=O) groups is 1. The topological polar surface area (TPSA) is 82.8 Å². The molecule has 1 aliphatic rings. The van der Waals surface area contributed by atoms with Gasteiger partial charge in [-0.25, -0.2) is 14.3 Å². The minimum Gasteiger partial charge on any atom is -0.476 e. The number of anilines is 1. The molecule has 2 N–H and O–H groups in total. The molecule has 2 aromatic heterocycles. The number of nitrogens with zero attached hydrogens (tertiary/aromatic N) is 4. The Kier molecular flexibility index (Phi) is 3.06. The summed E-state index contributed by atoms with van der Waals surface area (Å²) in [5.74, 6) is -1.03. The minimum absolute atomic E-state index is 0.0254. The summed E-state index contributed by atoms with van der Waals surface area (Å²) >= 11 is 0. The van der Waals surface area contributed by atoms with E-state index >= 15 is 0 Å². The molecule has 1 fully saturated rings. The molecular weight excluding hydrogens is 258 g/mol. The van der Waals surface area contributed by atoms with Crippen molar-refractivity contribution in [1.29, 1.82) is 0 Å². The van der Waals surface area contributed by atoms with Crippen LogP contribution in [0.1, 0.15) is 21.9 Å². The van der Waals surface area contributed by atoms with Gasteiger partial charge in [0.25, 0.3) is 0 Å². The summed E-state index contributed by atoms with van der Waals surface area (Å²) in [7, 11) is 0. The Bertz CT molecular complexity index is 673. The Morgan fingerprint density at radius 3 is 2.70 bits per heavy atom. The number of rotatable bonds is 2. The highest BCUT2D eigenvalue weighted by Gasteiger charge is 2.20. The maximum atomic E-state index is 11.0. The van der Waals surface area contributed by atoms with Crippen molar-refractivity contribution in [3.63, 3.8) is 0 Å². The van der Waals surface area contributed by atoms with E-state index in [9.17, 15) is 4.79 Å². The van der Waals surface area contributed by atoms with E-state index in [0.717, 1.165) is 43.3 Å². The Labute approximate surface area is 116 Å². The van der Waals surface area contributed by atoms with Gasteiger partial charge in [-0.3, -0.25) is 0 Å². The Morgan fingerprint density at radius 2 is 2.05 bits per heavy atom. The SMILES string of the molecule is Cc1nc2cc(C(=O)O)nn2c(C)c1N1CCNCC1. The van der Waals surface area contributed by atoms with Gasteiger partial charge in [0.05, 0.1) is 17.1 Å². The van der Waals surface area contributed by atoms with E-state index in [4.69, 9.17) is 5.11 Å². The maximum Gasteiger partial charge on any atom is 0.356 e. The second-order valence-corrected chi connectivity index (χ2v) is 4.97. The molecule has 3 heterocycles. The molecule has 20 heavy (non-hydrogen) atoms. The molecule has 7 heteroatoms. The molecule has 1 aliphatic heterocycles. The van der Waals surface area contributed by atoms with Crippen LogP contribution in [0.2, 0.25) is 0 Å². The molecule has 0 aliphatic carbocycles. The zero-order chi connectivity index (χ0) is 14.3. The zero-order valence-corrected chi connectivity index (χ0v) is 11.6. The smallest absolute Gasteiger partial charge is 0.356 e. The van der Waals surface area contributed by atoms with Crippen molar-refractivity contribution in [1.82, 2.24) is 19.9 Å². The Balaban J connectivity index is 2.14. The lowest BCUT2D eigenvalue weighted by Gasteiger charge is -2.31. The third kappa shape index (κ3) is 2.00. The first kappa shape index (κ1) is 12.9. The third-order valence-electron chi connectivity index (χ3n) is 3.63. The van der Waals surface area contributed by atoms with Gasteiger partial charge < -0.3 is 15.3 Å². The fraction of sp³-hybridized carbons (Fsp3) is 0.462. The maximum absolute atomic E-state index is 11.0. The molecule has 2 aromatic rings. The highest BCUT2D eigenvalue weighted by atomic mass is 16.4. The van der Waals surface area contributed by atoms with Crippen molar-refractivity contribution >= 4 is 17.3 Å². The summed E-state index contributed by atoms with van der Waals surface area (Å²) in [5.41, 5.74) is 3.50. The summed E-state index contributed by atoms with van der Waals surface area (Å²) < 4.78 is 1.62. The first-order valence-electron chi connectivity index (χ1n) is 6.64. The van der Waals surface area contributed by atoms with E-state index in [-0.39, 0.29) is 5.69 Å². The average molecular weight is 275 g/mol. The standard InChI is InChI=1S/C13H17N5O2/c1-8-12(17-5-3-14-4-6-17)9(2)18-11(15-8)7-10(16-18)13(19)20/h7,14H,3-6H2,1-2H3,(H,19,20). The van der Waals surface area contributed by atoms with Crippen LogP contribution in [-0.2, 0) is 0 Å². The molecule has 0 spiro atoms. The normalized spacial score (nSPS) is 15.8. The van der Waals surface area contributed by atoms with Crippen LogP contribution in [0.5, 0.6) is 0 Å². The molecule has 0 unspecified atom stereocenters. The molecule has 0 bridgehead atoms. The fourth-order valence-electron chi connectivity index (χ4n) is 2.74. The monoisotopic (exact) mass is 275 g/mol. The molecule has 7 nitrogen and oxygen atoms in total. The number of hydrogen-bond acceptors (Lipinski definition) is 5. The van der Waals surface area contributed by atoms with Crippen LogP contribution in [-0.4, -0.2) is 51.9 Å². The van der Waals surface area contributed by atoms with E-state index in [1.165, 1.54) is 6.07 Å². The predicted molar refractivity (Wildman–Crippen MR) is 74.5 cm³/mol. The van der Waals surface area contributed by atoms with Crippen LogP contribution in [0.4, 0.5) is 5.69 Å². The van der Waals surface area contributed by atoms with Crippen LogP contribution in [0.25, 0.3) is 5.65 Å². The van der Waals surface area contributed by atoms with Gasteiger partial charge in [0.1, 0.15) is 0 Å². The Hall–Kier alpha value is -2.15. The number of carboxylic acids is 1. The molecule has 0 amide bonds. The van der Waals surface area contributed by atoms with Crippen molar-refractivity contribution in [3.05, 3.63) is 23.1 Å². The summed E-state index contributed by atoms with van der Waals surface area (Å²) in [6.45, 7) is 7.63. The number of aromatic carboxylic acids is 1. The highest BCUT2D eigenvalue weighted by molar-refractivity contribution is 5.86. The van der Waals surface area contributed by atoms with E-state index < -0.39 is 5.97 Å². The van der Waals surface area contributed by atoms with E-state index in [1.807, 2.05) is 13.8 Å². The molecule has 106 valence electrons. The fourth-order valence-corrected chi connectivity index (χ4v) is 2.74. The van der Waals surface area contributed by atoms with E-state index in [2.05, 4.69) is 20.3 Å². The van der Waals surface area contributed by atoms with Gasteiger partial charge in [-0.1, -0.05) is 0 Å². The number of nitrogens with one attached hydrogen (secondary N) is 1. The summed E-state index contributed by atoms with van der Waals surface area (Å²) in [6, 6.07) is 1.50. The van der Waals surface area contributed by atoms with Crippen LogP contribution in [0.3, 0.4) is 0 Å². The van der Waals surface area contributed by atoms with E-state index in [0.29, 0.717) is 5.65 Å². The van der Waals surface area contributed by atoms with Gasteiger partial charge in [0.2, 0.25) is 0 Å². The average Bonchev–Trinajstić information content (AvgIpc) is 2.84. The molecule has 0 atom stereocenters. The van der Waals surface area contributed by atoms with E-state index in [1.54, 1.807) is 4.52 Å². The second-order valence-electron chi connectivity index (χ2n) is 4.97. The first-order chi connectivity index (χ1) is 9.58. The van der Waals surface area contributed by atoms with Crippen LogP contribution in [0, 0.1) is 13.8 Å². The molecule has 0 saturated carbocycles. The lowest BCUT2D eigenvalue weighted by atomic mass is 10.2. The molecule has 1 saturated heterocycles. The Morgan fingerprint density at radius 1 is 1.35 bits per heavy atom. The summed E-state index contributed by atoms with van der Waals surface area (Å²) in [6.07, 6.45) is 0. The summed E-state index contributed by atoms with van der Waals surface area (Å²) in [5, 5.41) is 16.5. The molecule has 0 radical (unpaired) electrons. The number of carboxylic acid groups (broad SMARTS) is 1. The van der Waals surface area contributed by atoms with Crippen molar-refractivity contribution in [2.24, 2.45) is 0 Å². The van der Waals surface area contributed by atoms with Gasteiger partial charge in [0, 0.05) is 32.2 Å². The minimum atomic E-state index is -1.03. The van der Waals surface area contributed by atoms with Crippen molar-refractivity contribution < 1.29 is 9.90 Å². The second kappa shape index (κ2) is 4.75. The van der Waals surface area contributed by atoms with Gasteiger partial charge in [-0.05, 0) is 13.8 Å². The quantitative estimate of drug-likeness (QED) is 0.828. The van der Waals surface area contributed by atoms with Gasteiger partial charge in [-0.15, -0.1) is 0 Å². The van der Waals surface area contributed by atoms with Crippen LogP contribution >= 0.6 is 0 Å². The number of hydrogen-bond donors (Lipinski definition) is 2. The summed E-state index contributed by atoms with van der Waals surface area (Å²) in [4.78, 5) is 17.8. The molecule has 0 aromatic carbocycles. The number of fused-ring (bicyclic) bond motifs is 1. The van der Waals surface area contributed by atoms with Gasteiger partial charge in [0.15, 0.2) is 11.3 Å². The lowest BCUT2D eigenvalue weighted by Crippen LogP contribution is -2.44. The van der Waals surface area contributed by atoms with Crippen molar-refractivity contribution in [2.45, 2.75) is 13.8 Å². The molecular formula is C13H17N5O2. The zero-order valence-electron chi connectivity index (χ0n) is 11.6. The number of piperazine rings is 1. The lowest BCUT2D eigenvalue weighted by molar-refractivity contribution is 0.0690. The van der Waals surface area contributed by atoms with Gasteiger partial charge in [-0.2, -0.15) is 5.10 Å². The van der Waals surface area contributed by atoms with Crippen LogP contribution in [0.15, 0.2) is 6.07 Å². The van der Waals surface area contributed by atoms with Crippen LogP contribution < -0.4 is 10.2 Å². The first-order valence-corrected chi connectivity index (χ1v) is 6.64. The van der Waals surface area contributed by atoms with Gasteiger partial charge >= 0.3 is 5.97 Å².